The first kappa shape index (κ1) is 24.4. The lowest BCUT2D eigenvalue weighted by Crippen LogP contribution is -2.33. The van der Waals surface area contributed by atoms with Crippen molar-refractivity contribution in [3.05, 3.63) is 24.0 Å². The SMILES string of the molecule is CCCCCCCCCC(Cl)CCn1cccc1C(=O)OCCN1C(=O)CCC1=O. The lowest BCUT2D eigenvalue weighted by Gasteiger charge is -2.15. The van der Waals surface area contributed by atoms with Gasteiger partial charge in [-0.2, -0.15) is 0 Å². The molecule has 1 saturated heterocycles. The molecule has 7 heteroatoms. The van der Waals surface area contributed by atoms with Gasteiger partial charge in [-0.1, -0.05) is 51.9 Å². The second-order valence-corrected chi connectivity index (χ2v) is 8.58. The number of imide groups is 1. The molecule has 0 radical (unpaired) electrons. The van der Waals surface area contributed by atoms with Gasteiger partial charge in [0.05, 0.1) is 6.54 Å². The largest absolute Gasteiger partial charge is 0.459 e. The maximum absolute atomic E-state index is 12.4. The zero-order valence-electron chi connectivity index (χ0n) is 18.1. The Bertz CT molecular complexity index is 672. The van der Waals surface area contributed by atoms with Crippen LogP contribution in [0.25, 0.3) is 0 Å². The van der Waals surface area contributed by atoms with Gasteiger partial charge in [-0.05, 0) is 25.0 Å². The third-order valence-corrected chi connectivity index (χ3v) is 5.98. The standard InChI is InChI=1S/C23H35ClN2O4/c1-2-3-4-5-6-7-8-10-19(24)14-16-25-15-9-11-20(25)23(29)30-18-17-26-21(27)12-13-22(26)28/h9,11,15,19H,2-8,10,12-14,16-18H2,1H3. The van der Waals surface area contributed by atoms with Crippen molar-refractivity contribution in [2.24, 2.45) is 0 Å². The van der Waals surface area contributed by atoms with Gasteiger partial charge in [0, 0.05) is 31.0 Å². The van der Waals surface area contributed by atoms with Gasteiger partial charge in [0.1, 0.15) is 12.3 Å². The number of carbonyl (C=O) groups is 3. The van der Waals surface area contributed by atoms with Crippen molar-refractivity contribution in [3.63, 3.8) is 0 Å². The molecule has 0 aromatic carbocycles. The molecule has 0 bridgehead atoms. The summed E-state index contributed by atoms with van der Waals surface area (Å²) in [5.74, 6) is -0.848. The number of esters is 1. The van der Waals surface area contributed by atoms with E-state index in [0.717, 1.165) is 24.2 Å². The topological polar surface area (TPSA) is 68.6 Å². The molecule has 1 aromatic rings. The fourth-order valence-electron chi connectivity index (χ4n) is 3.72. The van der Waals surface area contributed by atoms with E-state index < -0.39 is 5.97 Å². The van der Waals surface area contributed by atoms with Crippen molar-refractivity contribution in [2.45, 2.75) is 89.5 Å². The molecule has 1 fully saturated rings. The van der Waals surface area contributed by atoms with Gasteiger partial charge in [-0.25, -0.2) is 4.79 Å². The van der Waals surface area contributed by atoms with E-state index in [9.17, 15) is 14.4 Å². The Labute approximate surface area is 184 Å². The molecule has 2 rings (SSSR count). The molecule has 1 aromatic heterocycles. The van der Waals surface area contributed by atoms with Crippen LogP contribution in [0.3, 0.4) is 0 Å². The molecule has 168 valence electrons. The average Bonchev–Trinajstić information content (AvgIpc) is 3.33. The number of ether oxygens (including phenoxy) is 1. The van der Waals surface area contributed by atoms with Gasteiger partial charge in [-0.3, -0.25) is 14.5 Å². The highest BCUT2D eigenvalue weighted by Crippen LogP contribution is 2.17. The highest BCUT2D eigenvalue weighted by Gasteiger charge is 2.28. The smallest absolute Gasteiger partial charge is 0.355 e. The number of rotatable bonds is 15. The summed E-state index contributed by atoms with van der Waals surface area (Å²) in [6.07, 6.45) is 13.0. The number of hydrogen-bond donors (Lipinski definition) is 0. The van der Waals surface area contributed by atoms with Crippen molar-refractivity contribution in [1.29, 1.82) is 0 Å². The van der Waals surface area contributed by atoms with Gasteiger partial charge >= 0.3 is 5.97 Å². The zero-order valence-corrected chi connectivity index (χ0v) is 18.9. The van der Waals surface area contributed by atoms with E-state index in [-0.39, 0.29) is 43.2 Å². The van der Waals surface area contributed by atoms with Gasteiger partial charge < -0.3 is 9.30 Å². The van der Waals surface area contributed by atoms with E-state index in [4.69, 9.17) is 16.3 Å². The second kappa shape index (κ2) is 13.5. The summed E-state index contributed by atoms with van der Waals surface area (Å²) in [6.45, 7) is 3.02. The molecular weight excluding hydrogens is 404 g/mol. The number of carbonyl (C=O) groups excluding carboxylic acids is 3. The lowest BCUT2D eigenvalue weighted by molar-refractivity contribution is -0.138. The third kappa shape index (κ3) is 8.13. The predicted octanol–water partition coefficient (Wildman–Crippen LogP) is 4.93. The van der Waals surface area contributed by atoms with Crippen molar-refractivity contribution >= 4 is 29.4 Å². The fraction of sp³-hybridized carbons (Fsp3) is 0.696. The van der Waals surface area contributed by atoms with Crippen LogP contribution < -0.4 is 0 Å². The summed E-state index contributed by atoms with van der Waals surface area (Å²) in [5, 5.41) is 0.0964. The number of likely N-dealkylation sites (tertiary alicyclic amines) is 1. The Kier molecular flexibility index (Phi) is 11.0. The fourth-order valence-corrected chi connectivity index (χ4v) is 3.97. The molecule has 1 aliphatic rings. The summed E-state index contributed by atoms with van der Waals surface area (Å²) in [6, 6.07) is 3.53. The van der Waals surface area contributed by atoms with Gasteiger partial charge in [0.25, 0.3) is 0 Å². The summed E-state index contributed by atoms with van der Waals surface area (Å²) < 4.78 is 7.13. The van der Waals surface area contributed by atoms with Gasteiger partial charge in [-0.15, -0.1) is 11.6 Å². The van der Waals surface area contributed by atoms with E-state index in [1.54, 1.807) is 6.07 Å². The normalized spacial score (nSPS) is 15.1. The van der Waals surface area contributed by atoms with Crippen molar-refractivity contribution in [1.82, 2.24) is 9.47 Å². The first-order valence-electron chi connectivity index (χ1n) is 11.3. The quantitative estimate of drug-likeness (QED) is 0.168. The monoisotopic (exact) mass is 438 g/mol. The van der Waals surface area contributed by atoms with E-state index in [2.05, 4.69) is 6.92 Å². The summed E-state index contributed by atoms with van der Waals surface area (Å²) in [5.41, 5.74) is 0.467. The molecule has 30 heavy (non-hydrogen) atoms. The molecule has 1 atom stereocenters. The highest BCUT2D eigenvalue weighted by molar-refractivity contribution is 6.20. The highest BCUT2D eigenvalue weighted by atomic mass is 35.5. The molecule has 6 nitrogen and oxygen atoms in total. The van der Waals surface area contributed by atoms with Crippen LogP contribution >= 0.6 is 11.6 Å². The van der Waals surface area contributed by atoms with Crippen LogP contribution in [0.5, 0.6) is 0 Å². The Morgan fingerprint density at radius 1 is 1.03 bits per heavy atom. The summed E-state index contributed by atoms with van der Waals surface area (Å²) in [4.78, 5) is 36.7. The van der Waals surface area contributed by atoms with Crippen molar-refractivity contribution < 1.29 is 19.1 Å². The Balaban J connectivity index is 1.64. The third-order valence-electron chi connectivity index (χ3n) is 5.55. The first-order chi connectivity index (χ1) is 14.5. The summed E-state index contributed by atoms with van der Waals surface area (Å²) >= 11 is 6.48. The Morgan fingerprint density at radius 2 is 1.70 bits per heavy atom. The number of aryl methyl sites for hydroxylation is 1. The Morgan fingerprint density at radius 3 is 2.40 bits per heavy atom. The molecular formula is C23H35ClN2O4. The minimum atomic E-state index is -0.447. The number of unbranched alkanes of at least 4 members (excludes halogenated alkanes) is 6. The average molecular weight is 439 g/mol. The minimum Gasteiger partial charge on any atom is -0.459 e. The maximum Gasteiger partial charge on any atom is 0.355 e. The molecule has 0 aliphatic carbocycles. The molecule has 2 heterocycles. The van der Waals surface area contributed by atoms with Crippen LogP contribution in [-0.4, -0.2) is 45.8 Å². The molecule has 0 spiro atoms. The predicted molar refractivity (Wildman–Crippen MR) is 118 cm³/mol. The van der Waals surface area contributed by atoms with Gasteiger partial charge in [0.15, 0.2) is 0 Å². The number of aromatic nitrogens is 1. The van der Waals surface area contributed by atoms with Crippen LogP contribution in [0.2, 0.25) is 0 Å². The molecule has 0 N–H and O–H groups in total. The molecule has 0 saturated carbocycles. The number of halogens is 1. The van der Waals surface area contributed by atoms with E-state index in [1.165, 1.54) is 38.5 Å². The minimum absolute atomic E-state index is 0.0118. The van der Waals surface area contributed by atoms with Crippen LogP contribution in [0.15, 0.2) is 18.3 Å². The van der Waals surface area contributed by atoms with Crippen molar-refractivity contribution in [3.8, 4) is 0 Å². The second-order valence-electron chi connectivity index (χ2n) is 7.96. The van der Waals surface area contributed by atoms with E-state index in [1.807, 2.05) is 16.8 Å². The van der Waals surface area contributed by atoms with Crippen LogP contribution in [0.1, 0.15) is 88.0 Å². The van der Waals surface area contributed by atoms with E-state index in [0.29, 0.717) is 12.2 Å². The van der Waals surface area contributed by atoms with Crippen LogP contribution in [0.4, 0.5) is 0 Å². The summed E-state index contributed by atoms with van der Waals surface area (Å²) in [7, 11) is 0. The van der Waals surface area contributed by atoms with Gasteiger partial charge in [0.2, 0.25) is 11.8 Å². The number of nitrogens with zero attached hydrogens (tertiary/aromatic N) is 2. The number of amides is 2. The van der Waals surface area contributed by atoms with Crippen LogP contribution in [-0.2, 0) is 20.9 Å². The van der Waals surface area contributed by atoms with Crippen molar-refractivity contribution in [2.75, 3.05) is 13.2 Å². The molecule has 1 aliphatic heterocycles. The number of hydrogen-bond acceptors (Lipinski definition) is 4. The maximum atomic E-state index is 12.4. The lowest BCUT2D eigenvalue weighted by atomic mass is 10.1. The molecule has 1 unspecified atom stereocenters. The Hall–Kier alpha value is -1.82. The first-order valence-corrected chi connectivity index (χ1v) is 11.8. The van der Waals surface area contributed by atoms with Crippen LogP contribution in [0, 0.1) is 0 Å². The molecule has 2 amide bonds. The van der Waals surface area contributed by atoms with E-state index >= 15 is 0 Å². The number of alkyl halides is 1. The zero-order chi connectivity index (χ0) is 21.8.